The summed E-state index contributed by atoms with van der Waals surface area (Å²) in [6, 6.07) is 0. The molecular weight excluding hydrogens is 344 g/mol. The molecule has 0 spiro atoms. The molecule has 1 aromatic heterocycles. The van der Waals surface area contributed by atoms with Gasteiger partial charge in [-0.15, -0.1) is 11.3 Å². The number of carbonyl (C=O) groups excluding carboxylic acids is 2. The second kappa shape index (κ2) is 7.71. The Kier molecular flexibility index (Phi) is 5.75. The minimum Gasteiger partial charge on any atom is -0.365 e. The summed E-state index contributed by atoms with van der Waals surface area (Å²) in [6.07, 6.45) is 9.51. The molecule has 3 N–H and O–H groups in total. The molecule has 2 aliphatic carbocycles. The first-order valence-electron chi connectivity index (χ1n) is 10.00. The van der Waals surface area contributed by atoms with Crippen molar-refractivity contribution in [2.24, 2.45) is 23.0 Å². The topological polar surface area (TPSA) is 72.2 Å². The number of hydrogen-bond donors (Lipinski definition) is 2. The summed E-state index contributed by atoms with van der Waals surface area (Å²) in [6.45, 7) is 6.82. The fourth-order valence-corrected chi connectivity index (χ4v) is 5.85. The van der Waals surface area contributed by atoms with Crippen LogP contribution in [0.25, 0.3) is 0 Å². The zero-order chi connectivity index (χ0) is 18.9. The summed E-state index contributed by atoms with van der Waals surface area (Å²) in [5.74, 6) is 0.897. The summed E-state index contributed by atoms with van der Waals surface area (Å²) in [5.41, 5.74) is 7.56. The highest BCUT2D eigenvalue weighted by molar-refractivity contribution is 7.17. The van der Waals surface area contributed by atoms with Gasteiger partial charge in [-0.1, -0.05) is 46.5 Å². The molecule has 1 saturated carbocycles. The van der Waals surface area contributed by atoms with Gasteiger partial charge < -0.3 is 11.1 Å². The van der Waals surface area contributed by atoms with E-state index in [1.54, 1.807) is 11.3 Å². The van der Waals surface area contributed by atoms with Crippen molar-refractivity contribution in [1.82, 2.24) is 0 Å². The highest BCUT2D eigenvalue weighted by Crippen LogP contribution is 2.44. The van der Waals surface area contributed by atoms with Crippen molar-refractivity contribution < 1.29 is 9.59 Å². The average molecular weight is 377 g/mol. The lowest BCUT2D eigenvalue weighted by Crippen LogP contribution is -2.27. The number of primary amides is 1. The maximum atomic E-state index is 12.4. The zero-order valence-corrected chi connectivity index (χ0v) is 17.1. The number of amides is 2. The van der Waals surface area contributed by atoms with Crippen LogP contribution in [-0.4, -0.2) is 11.8 Å². The highest BCUT2D eigenvalue weighted by atomic mass is 32.1. The van der Waals surface area contributed by atoms with Gasteiger partial charge in [0.05, 0.1) is 5.56 Å². The highest BCUT2D eigenvalue weighted by Gasteiger charge is 2.33. The second-order valence-corrected chi connectivity index (χ2v) is 10.2. The normalized spacial score (nSPS) is 20.8. The van der Waals surface area contributed by atoms with Crippen molar-refractivity contribution in [3.63, 3.8) is 0 Å². The van der Waals surface area contributed by atoms with Gasteiger partial charge in [0.1, 0.15) is 5.00 Å². The van der Waals surface area contributed by atoms with Gasteiger partial charge in [-0.05, 0) is 48.5 Å². The summed E-state index contributed by atoms with van der Waals surface area (Å²) >= 11 is 1.56. The molecule has 144 valence electrons. The SMILES string of the molecule is CC(C)(C)C1CCc2c(sc(NC(=O)CCC3CCCC3)c2C(N)=O)C1. The lowest BCUT2D eigenvalue weighted by molar-refractivity contribution is -0.116. The predicted octanol–water partition coefficient (Wildman–Crippen LogP) is 4.91. The van der Waals surface area contributed by atoms with Gasteiger partial charge in [-0.25, -0.2) is 0 Å². The van der Waals surface area contributed by atoms with E-state index in [0.717, 1.165) is 31.2 Å². The smallest absolute Gasteiger partial charge is 0.251 e. The van der Waals surface area contributed by atoms with E-state index in [1.165, 1.54) is 30.6 Å². The van der Waals surface area contributed by atoms with Crippen LogP contribution in [0.4, 0.5) is 5.00 Å². The van der Waals surface area contributed by atoms with E-state index >= 15 is 0 Å². The third-order valence-corrected chi connectivity index (χ3v) is 7.41. The van der Waals surface area contributed by atoms with Crippen LogP contribution in [-0.2, 0) is 17.6 Å². The van der Waals surface area contributed by atoms with Crippen LogP contribution in [0.3, 0.4) is 0 Å². The van der Waals surface area contributed by atoms with Crippen molar-refractivity contribution >= 4 is 28.2 Å². The van der Waals surface area contributed by atoms with Gasteiger partial charge >= 0.3 is 0 Å². The van der Waals surface area contributed by atoms with E-state index < -0.39 is 5.91 Å². The summed E-state index contributed by atoms with van der Waals surface area (Å²) in [4.78, 5) is 25.7. The van der Waals surface area contributed by atoms with Crippen LogP contribution < -0.4 is 11.1 Å². The zero-order valence-electron chi connectivity index (χ0n) is 16.3. The van der Waals surface area contributed by atoms with E-state index in [9.17, 15) is 9.59 Å². The van der Waals surface area contributed by atoms with Crippen molar-refractivity contribution in [2.75, 3.05) is 5.32 Å². The van der Waals surface area contributed by atoms with Crippen molar-refractivity contribution in [3.05, 3.63) is 16.0 Å². The van der Waals surface area contributed by atoms with E-state index in [0.29, 0.717) is 28.8 Å². The Morgan fingerprint density at radius 3 is 2.50 bits per heavy atom. The minimum atomic E-state index is -0.414. The molecule has 0 aromatic carbocycles. The third kappa shape index (κ3) is 4.30. The molecule has 2 aliphatic rings. The van der Waals surface area contributed by atoms with E-state index in [2.05, 4.69) is 26.1 Å². The van der Waals surface area contributed by atoms with Gasteiger partial charge in [0.25, 0.3) is 5.91 Å². The summed E-state index contributed by atoms with van der Waals surface area (Å²) in [5, 5.41) is 3.68. The molecule has 1 unspecified atom stereocenters. The first-order valence-corrected chi connectivity index (χ1v) is 10.8. The maximum Gasteiger partial charge on any atom is 0.251 e. The molecule has 0 aliphatic heterocycles. The fourth-order valence-electron chi connectivity index (χ4n) is 4.50. The molecule has 1 fully saturated rings. The fraction of sp³-hybridized carbons (Fsp3) is 0.714. The van der Waals surface area contributed by atoms with Gasteiger partial charge in [0.2, 0.25) is 5.91 Å². The van der Waals surface area contributed by atoms with Gasteiger partial charge in [-0.2, -0.15) is 0 Å². The molecule has 1 aromatic rings. The molecule has 1 atom stereocenters. The minimum absolute atomic E-state index is 0.0189. The molecule has 4 nitrogen and oxygen atoms in total. The number of fused-ring (bicyclic) bond motifs is 1. The Hall–Kier alpha value is -1.36. The van der Waals surface area contributed by atoms with Crippen LogP contribution >= 0.6 is 11.3 Å². The van der Waals surface area contributed by atoms with Crippen molar-refractivity contribution in [1.29, 1.82) is 0 Å². The molecule has 3 rings (SSSR count). The first-order chi connectivity index (χ1) is 12.3. The van der Waals surface area contributed by atoms with E-state index in [1.807, 2.05) is 0 Å². The number of nitrogens with two attached hydrogens (primary N) is 1. The Morgan fingerprint density at radius 2 is 1.88 bits per heavy atom. The predicted molar refractivity (Wildman–Crippen MR) is 108 cm³/mol. The summed E-state index contributed by atoms with van der Waals surface area (Å²) in [7, 11) is 0. The lowest BCUT2D eigenvalue weighted by Gasteiger charge is -2.33. The Bertz CT molecular complexity index is 681. The number of nitrogens with one attached hydrogen (secondary N) is 1. The molecular formula is C21H32N2O2S. The molecule has 0 saturated heterocycles. The van der Waals surface area contributed by atoms with Gasteiger partial charge in [0.15, 0.2) is 0 Å². The number of carbonyl (C=O) groups is 2. The van der Waals surface area contributed by atoms with Crippen molar-refractivity contribution in [2.45, 2.75) is 78.6 Å². The van der Waals surface area contributed by atoms with E-state index in [-0.39, 0.29) is 11.3 Å². The lowest BCUT2D eigenvalue weighted by atomic mass is 9.72. The molecule has 0 bridgehead atoms. The van der Waals surface area contributed by atoms with Crippen LogP contribution in [0.1, 0.15) is 86.5 Å². The molecule has 26 heavy (non-hydrogen) atoms. The molecule has 5 heteroatoms. The number of hydrogen-bond acceptors (Lipinski definition) is 3. The standard InChI is InChI=1S/C21H32N2O2S/c1-21(2,3)14-9-10-15-16(12-14)26-20(18(15)19(22)25)23-17(24)11-8-13-6-4-5-7-13/h13-14H,4-12H2,1-3H3,(H2,22,25)(H,23,24). The van der Waals surface area contributed by atoms with Gasteiger partial charge in [-0.3, -0.25) is 9.59 Å². The molecule has 0 radical (unpaired) electrons. The Balaban J connectivity index is 1.72. The molecule has 1 heterocycles. The van der Waals surface area contributed by atoms with Gasteiger partial charge in [0, 0.05) is 11.3 Å². The Morgan fingerprint density at radius 1 is 1.19 bits per heavy atom. The number of thiophene rings is 1. The number of rotatable bonds is 5. The van der Waals surface area contributed by atoms with Crippen molar-refractivity contribution in [3.8, 4) is 0 Å². The first kappa shape index (κ1) is 19.4. The van der Waals surface area contributed by atoms with E-state index in [4.69, 9.17) is 5.73 Å². The average Bonchev–Trinajstić information content (AvgIpc) is 3.18. The quantitative estimate of drug-likeness (QED) is 0.766. The largest absolute Gasteiger partial charge is 0.365 e. The molecule has 2 amide bonds. The second-order valence-electron chi connectivity index (χ2n) is 9.12. The van der Waals surface area contributed by atoms with Crippen LogP contribution in [0, 0.1) is 17.3 Å². The third-order valence-electron chi connectivity index (χ3n) is 6.24. The van der Waals surface area contributed by atoms with Crippen LogP contribution in [0.2, 0.25) is 0 Å². The summed E-state index contributed by atoms with van der Waals surface area (Å²) < 4.78 is 0. The van der Waals surface area contributed by atoms with Crippen LogP contribution in [0.15, 0.2) is 0 Å². The Labute approximate surface area is 160 Å². The number of anilines is 1. The monoisotopic (exact) mass is 376 g/mol. The van der Waals surface area contributed by atoms with Crippen LogP contribution in [0.5, 0.6) is 0 Å². The maximum absolute atomic E-state index is 12.4.